The normalized spacial score (nSPS) is 29.1. The summed E-state index contributed by atoms with van der Waals surface area (Å²) >= 11 is 0. The highest BCUT2D eigenvalue weighted by Crippen LogP contribution is 2.68. The molecule has 3 fully saturated rings. The fourth-order valence-electron chi connectivity index (χ4n) is 9.40. The van der Waals surface area contributed by atoms with E-state index < -0.39 is 136 Å². The van der Waals surface area contributed by atoms with Gasteiger partial charge in [-0.2, -0.15) is 13.6 Å². The number of nitrogens with two attached hydrogens (primary N) is 3. The van der Waals surface area contributed by atoms with Crippen molar-refractivity contribution in [2.75, 3.05) is 64.5 Å². The molecule has 9 rings (SSSR count). The molecule has 3 aliphatic heterocycles. The number of aryl methyl sites for hydroxylation is 1. The minimum atomic E-state index is -6.18. The van der Waals surface area contributed by atoms with Crippen molar-refractivity contribution >= 4 is 82.5 Å². The Morgan fingerprint density at radius 1 is 0.704 bits per heavy atom. The van der Waals surface area contributed by atoms with E-state index >= 15 is 0 Å². The summed E-state index contributed by atoms with van der Waals surface area (Å²) in [4.78, 5) is 97.6. The van der Waals surface area contributed by atoms with Crippen LogP contribution in [0.4, 0.5) is 17.7 Å². The van der Waals surface area contributed by atoms with Crippen molar-refractivity contribution in [2.45, 2.75) is 87.3 Å². The van der Waals surface area contributed by atoms with Gasteiger partial charge in [0.2, 0.25) is 17.7 Å². The van der Waals surface area contributed by atoms with E-state index in [1.807, 2.05) is 0 Å². The number of fused-ring (bicyclic) bond motifs is 3. The second-order valence-corrected chi connectivity index (χ2v) is 24.3. The smallest absolute Gasteiger partial charge is 0.387 e. The lowest BCUT2D eigenvalue weighted by Crippen LogP contribution is -2.45. The molecule has 0 spiro atoms. The maximum absolute atomic E-state index is 13.9. The number of hydrogen-bond acceptors (Lipinski definition) is 29. The number of aromatic nitrogens is 12. The first kappa shape index (κ1) is 60.4. The number of aliphatic hydroxyl groups excluding tert-OH is 2. The van der Waals surface area contributed by atoms with Gasteiger partial charge in [0.05, 0.1) is 45.6 Å². The van der Waals surface area contributed by atoms with Crippen molar-refractivity contribution in [2.24, 2.45) is 13.0 Å². The average molecular weight is 1230 g/mol. The molecule has 0 amide bonds. The SMILES string of the molecule is CCCO[C@@H]1[C@H](O)[C@@H](COP(=O)(O)O[C@H]2[C@@H](OC)[C@H](n3cnc4c(N)ncnc43)O[C@@H]2COP(=O)(O)OP(=O)(O)OP(=O)(O)OC[C@H]2O[C@@H]([n+]3cn(C)c4c(=O)[nH]c(N)nc43)[C@H](O)[C@@H]2CCOC)O[C@H]1n1cnc2c(=O)[nH]c(N)nc21. The Bertz CT molecular complexity index is 3590. The molecule has 81 heavy (non-hydrogen) atoms. The number of nitrogen functional groups attached to an aromatic ring is 3. The molecular formula is C38H56N15O24P4+. The van der Waals surface area contributed by atoms with Crippen molar-refractivity contribution < 1.29 is 108 Å². The maximum atomic E-state index is 13.9. The lowest BCUT2D eigenvalue weighted by Gasteiger charge is -2.26. The predicted molar refractivity (Wildman–Crippen MR) is 267 cm³/mol. The molecule has 6 aromatic rings. The van der Waals surface area contributed by atoms with E-state index in [-0.39, 0.29) is 70.8 Å². The van der Waals surface area contributed by atoms with Crippen LogP contribution in [0.2, 0.25) is 0 Å². The zero-order chi connectivity index (χ0) is 58.5. The van der Waals surface area contributed by atoms with Crippen LogP contribution in [0.3, 0.4) is 0 Å². The number of rotatable bonds is 25. The van der Waals surface area contributed by atoms with Crippen LogP contribution in [0.15, 0.2) is 34.9 Å². The lowest BCUT2D eigenvalue weighted by atomic mass is 9.95. The van der Waals surface area contributed by atoms with Crippen LogP contribution in [0.25, 0.3) is 33.5 Å². The second-order valence-electron chi connectivity index (χ2n) is 18.3. The Labute approximate surface area is 453 Å². The third kappa shape index (κ3) is 12.8. The van der Waals surface area contributed by atoms with Crippen LogP contribution < -0.4 is 32.9 Å². The van der Waals surface area contributed by atoms with Crippen LogP contribution in [-0.2, 0) is 80.4 Å². The van der Waals surface area contributed by atoms with Crippen molar-refractivity contribution in [3.8, 4) is 0 Å². The molecule has 39 nitrogen and oxygen atoms in total. The minimum absolute atomic E-state index is 0.00225. The summed E-state index contributed by atoms with van der Waals surface area (Å²) in [5, 5.41) is 22.8. The Morgan fingerprint density at radius 3 is 1.99 bits per heavy atom. The Morgan fingerprint density at radius 2 is 1.31 bits per heavy atom. The van der Waals surface area contributed by atoms with E-state index in [0.717, 1.165) is 13.4 Å². The molecule has 9 heterocycles. The number of anilines is 3. The minimum Gasteiger partial charge on any atom is -0.387 e. The highest BCUT2D eigenvalue weighted by atomic mass is 31.3. The van der Waals surface area contributed by atoms with Crippen LogP contribution >= 0.6 is 31.3 Å². The highest BCUT2D eigenvalue weighted by Gasteiger charge is 2.54. The molecule has 3 saturated heterocycles. The fourth-order valence-corrected chi connectivity index (χ4v) is 13.9. The van der Waals surface area contributed by atoms with Gasteiger partial charge in [-0.1, -0.05) is 11.9 Å². The van der Waals surface area contributed by atoms with E-state index in [1.165, 1.54) is 51.4 Å². The van der Waals surface area contributed by atoms with Gasteiger partial charge in [0, 0.05) is 33.4 Å². The van der Waals surface area contributed by atoms with Crippen molar-refractivity contribution in [1.82, 2.24) is 53.6 Å². The van der Waals surface area contributed by atoms with Gasteiger partial charge in [-0.05, 0) is 12.8 Å². The summed E-state index contributed by atoms with van der Waals surface area (Å²) < 4.78 is 123. The summed E-state index contributed by atoms with van der Waals surface area (Å²) in [7, 11) is -19.3. The number of aromatic amines is 2. The van der Waals surface area contributed by atoms with E-state index in [9.17, 15) is 57.6 Å². The van der Waals surface area contributed by atoms with Gasteiger partial charge >= 0.3 is 36.9 Å². The molecule has 3 aliphatic rings. The first-order valence-electron chi connectivity index (χ1n) is 24.0. The highest BCUT2D eigenvalue weighted by molar-refractivity contribution is 7.66. The summed E-state index contributed by atoms with van der Waals surface area (Å²) in [6.45, 7) is -1.11. The van der Waals surface area contributed by atoms with Gasteiger partial charge in [-0.15, -0.1) is 0 Å². The average Bonchev–Trinajstić information content (AvgIpc) is 4.27. The molecule has 0 saturated carbocycles. The number of nitrogens with zero attached hydrogens (tertiary/aromatic N) is 10. The largest absolute Gasteiger partial charge is 0.490 e. The molecule has 43 heteroatoms. The number of hydrogen-bond donors (Lipinski definition) is 11. The maximum Gasteiger partial charge on any atom is 0.490 e. The Kier molecular flexibility index (Phi) is 17.8. The van der Waals surface area contributed by atoms with Gasteiger partial charge in [0.25, 0.3) is 17.1 Å². The van der Waals surface area contributed by atoms with Crippen molar-refractivity contribution in [3.63, 3.8) is 0 Å². The topological polar surface area (TPSA) is 540 Å². The van der Waals surface area contributed by atoms with Gasteiger partial charge < -0.3 is 75.4 Å². The fraction of sp³-hybridized carbons (Fsp3) is 0.605. The molecular weight excluding hydrogens is 1170 g/mol. The van der Waals surface area contributed by atoms with Crippen molar-refractivity contribution in [1.29, 1.82) is 0 Å². The summed E-state index contributed by atoms with van der Waals surface area (Å²) in [5.41, 5.74) is 16.2. The number of imidazole rings is 3. The standard InChI is InChI=1S/C38H55N15O24P4/c1-5-7-68-26-24(55)18(73-35(26)52-14-45-21-30(52)46-37(40)48-32(21)56)10-69-78(58,59)75-25-19(74-36(27(25)67-4)51-13-44-20-28(39)42-12-43-29(20)51)11-71-80(62,63)77-81(64,65)76-79(60,61)70-9-17-16(6-8-66-3)23(54)34(72-17)53-15-50(2)22-31(53)47-38(41)49-33(22)57/h12-19,23-27,34-36,54-55H,5-11H2,1-4H3,(H11-,39,40,41,42,43,46,47,48,49,56,57,58,59,60,61,62,63,64,65)/p+1/t16-,17-,18-,19-,23-,24-,25-,26-,27-,34-,35-,36-/m1/s1. The van der Waals surface area contributed by atoms with Gasteiger partial charge in [0.1, 0.15) is 54.6 Å². The Balaban J connectivity index is 0.882. The first-order valence-corrected chi connectivity index (χ1v) is 30.0. The zero-order valence-corrected chi connectivity index (χ0v) is 46.3. The van der Waals surface area contributed by atoms with Gasteiger partial charge in [-0.3, -0.25) is 51.4 Å². The van der Waals surface area contributed by atoms with Crippen LogP contribution in [0, 0.1) is 5.92 Å². The summed E-state index contributed by atoms with van der Waals surface area (Å²) in [6, 6.07) is 0. The zero-order valence-electron chi connectivity index (χ0n) is 42.7. The predicted octanol–water partition coefficient (Wildman–Crippen LogP) is -1.98. The molecule has 14 N–H and O–H groups in total. The number of ether oxygens (including phenoxy) is 6. The number of H-pyrrole nitrogens is 2. The van der Waals surface area contributed by atoms with E-state index in [1.54, 1.807) is 6.92 Å². The monoisotopic (exact) mass is 1230 g/mol. The van der Waals surface area contributed by atoms with Crippen LogP contribution in [0.5, 0.6) is 0 Å². The number of phosphoric acid groups is 4. The number of phosphoric ester groups is 3. The lowest BCUT2D eigenvalue weighted by molar-refractivity contribution is -0.745. The van der Waals surface area contributed by atoms with E-state index in [0.29, 0.717) is 6.42 Å². The molecule has 446 valence electrons. The quantitative estimate of drug-likeness (QED) is 0.0218. The number of nitrogens with one attached hydrogen (secondary N) is 2. The van der Waals surface area contributed by atoms with E-state index in [4.69, 9.17) is 63.7 Å². The molecule has 0 aromatic carbocycles. The third-order valence-corrected chi connectivity index (χ3v) is 18.1. The van der Waals surface area contributed by atoms with E-state index in [2.05, 4.69) is 48.5 Å². The third-order valence-electron chi connectivity index (χ3n) is 12.9. The molecule has 16 atom stereocenters. The second kappa shape index (κ2) is 23.8. The number of aliphatic hydroxyl groups is 2. The molecule has 0 bridgehead atoms. The molecule has 6 aromatic heterocycles. The first-order chi connectivity index (χ1) is 38.2. The Hall–Kier alpha value is -5.15. The molecule has 0 aliphatic carbocycles. The molecule has 4 unspecified atom stereocenters. The number of methoxy groups -OCH3 is 2. The van der Waals surface area contributed by atoms with Gasteiger partial charge in [0.15, 0.2) is 41.4 Å². The summed E-state index contributed by atoms with van der Waals surface area (Å²) in [6.07, 6.45) is -10.8. The van der Waals surface area contributed by atoms with Gasteiger partial charge in [-0.25, -0.2) is 42.8 Å². The molecule has 0 radical (unpaired) electrons. The summed E-state index contributed by atoms with van der Waals surface area (Å²) in [5.74, 6) is -1.52. The van der Waals surface area contributed by atoms with Crippen LogP contribution in [0.1, 0.15) is 38.4 Å². The van der Waals surface area contributed by atoms with Crippen molar-refractivity contribution in [3.05, 3.63) is 46.0 Å². The van der Waals surface area contributed by atoms with Crippen LogP contribution in [-0.4, -0.2) is 179 Å².